The van der Waals surface area contributed by atoms with Gasteiger partial charge in [0.2, 0.25) is 0 Å². The molecule has 0 spiro atoms. The van der Waals surface area contributed by atoms with Crippen molar-refractivity contribution in [3.05, 3.63) is 60.2 Å². The molecule has 4 nitrogen and oxygen atoms in total. The molecular weight excluding hydrogens is 468 g/mol. The van der Waals surface area contributed by atoms with E-state index in [1.54, 1.807) is 0 Å². The highest BCUT2D eigenvalue weighted by molar-refractivity contribution is 6.76. The predicted molar refractivity (Wildman–Crippen MR) is 153 cm³/mol. The van der Waals surface area contributed by atoms with Crippen LogP contribution in [0, 0.1) is 0 Å². The fourth-order valence-corrected chi connectivity index (χ4v) is 5.54. The van der Waals surface area contributed by atoms with Crippen molar-refractivity contribution in [3.63, 3.8) is 0 Å². The summed E-state index contributed by atoms with van der Waals surface area (Å²) >= 11 is 0. The molecule has 0 radical (unpaired) electrons. The number of benzene rings is 1. The van der Waals surface area contributed by atoms with Crippen molar-refractivity contribution in [1.82, 2.24) is 0 Å². The second-order valence-electron chi connectivity index (χ2n) is 12.4. The molecule has 1 heterocycles. The highest BCUT2D eigenvalue weighted by atomic mass is 28.4. The van der Waals surface area contributed by atoms with Crippen LogP contribution in [-0.2, 0) is 18.6 Å². The van der Waals surface area contributed by atoms with Gasteiger partial charge >= 0.3 is 0 Å². The molecule has 1 fully saturated rings. The zero-order valence-corrected chi connectivity index (χ0v) is 25.7. The minimum Gasteiger partial charge on any atom is -0.411 e. The molecule has 35 heavy (non-hydrogen) atoms. The Labute approximate surface area is 217 Å². The van der Waals surface area contributed by atoms with Crippen LogP contribution in [0.2, 0.25) is 43.8 Å². The molecule has 1 aromatic carbocycles. The summed E-state index contributed by atoms with van der Waals surface area (Å²) in [6.07, 6.45) is 10.9. The van der Waals surface area contributed by atoms with Crippen LogP contribution in [0.1, 0.15) is 52.2 Å². The number of allylic oxidation sites excluding steroid dienone is 2. The molecule has 0 amide bonds. The van der Waals surface area contributed by atoms with Gasteiger partial charge in [0.25, 0.3) is 0 Å². The normalized spacial score (nSPS) is 21.1. The van der Waals surface area contributed by atoms with Gasteiger partial charge in [-0.3, -0.25) is 0 Å². The molecule has 6 heteroatoms. The van der Waals surface area contributed by atoms with Gasteiger partial charge in [-0.2, -0.15) is 0 Å². The lowest BCUT2D eigenvalue weighted by Crippen LogP contribution is -2.45. The molecule has 2 rings (SSSR count). The number of epoxide rings is 1. The fraction of sp³-hybridized carbons (Fsp3) is 0.655. The van der Waals surface area contributed by atoms with Gasteiger partial charge < -0.3 is 18.6 Å². The van der Waals surface area contributed by atoms with Gasteiger partial charge in [0, 0.05) is 14.7 Å². The van der Waals surface area contributed by atoms with E-state index in [1.165, 1.54) is 11.6 Å². The third-order valence-electron chi connectivity index (χ3n) is 6.90. The van der Waals surface area contributed by atoms with Crippen LogP contribution in [0.15, 0.2) is 54.6 Å². The van der Waals surface area contributed by atoms with E-state index in [0.717, 1.165) is 19.4 Å². The van der Waals surface area contributed by atoms with Gasteiger partial charge in [0.05, 0.1) is 12.2 Å². The lowest BCUT2D eigenvalue weighted by atomic mass is 10.0. The first kappa shape index (κ1) is 30.2. The SMILES string of the molecule is C[C@H](/C=C\C/C=C/C[C@@H](O[Si](C)(C)C(C)(C)C)C1OC1c1ccccc1)OCOCC[Si](C)(C)C. The van der Waals surface area contributed by atoms with Crippen LogP contribution in [-0.4, -0.2) is 48.1 Å². The van der Waals surface area contributed by atoms with E-state index < -0.39 is 16.4 Å². The van der Waals surface area contributed by atoms with Crippen molar-refractivity contribution >= 4 is 16.4 Å². The molecule has 0 saturated carbocycles. The van der Waals surface area contributed by atoms with Gasteiger partial charge in [0.15, 0.2) is 8.32 Å². The van der Waals surface area contributed by atoms with Crippen molar-refractivity contribution in [2.75, 3.05) is 13.4 Å². The predicted octanol–water partition coefficient (Wildman–Crippen LogP) is 8.13. The molecule has 1 aliphatic heterocycles. The van der Waals surface area contributed by atoms with Crippen molar-refractivity contribution in [2.45, 2.75) is 109 Å². The lowest BCUT2D eigenvalue weighted by molar-refractivity contribution is -0.0665. The Morgan fingerprint density at radius 3 is 2.31 bits per heavy atom. The third-order valence-corrected chi connectivity index (χ3v) is 13.1. The number of hydrogen-bond acceptors (Lipinski definition) is 4. The Morgan fingerprint density at radius 1 is 1.00 bits per heavy atom. The van der Waals surface area contributed by atoms with Crippen molar-refractivity contribution in [1.29, 1.82) is 0 Å². The fourth-order valence-electron chi connectivity index (χ4n) is 3.45. The first-order chi connectivity index (χ1) is 16.3. The first-order valence-corrected chi connectivity index (χ1v) is 19.8. The Balaban J connectivity index is 1.81. The van der Waals surface area contributed by atoms with E-state index in [-0.39, 0.29) is 29.5 Å². The highest BCUT2D eigenvalue weighted by Crippen LogP contribution is 2.46. The minimum absolute atomic E-state index is 0.0523. The quantitative estimate of drug-likeness (QED) is 0.0772. The summed E-state index contributed by atoms with van der Waals surface area (Å²) < 4.78 is 24.3. The summed E-state index contributed by atoms with van der Waals surface area (Å²) in [6.45, 7) is 21.8. The van der Waals surface area contributed by atoms with Gasteiger partial charge in [-0.15, -0.1) is 0 Å². The Hall–Kier alpha value is -1.03. The maximum atomic E-state index is 6.82. The van der Waals surface area contributed by atoms with E-state index in [0.29, 0.717) is 6.79 Å². The largest absolute Gasteiger partial charge is 0.411 e. The zero-order valence-electron chi connectivity index (χ0n) is 23.7. The van der Waals surface area contributed by atoms with E-state index in [4.69, 9.17) is 18.6 Å². The molecule has 0 aromatic heterocycles. The molecule has 1 aliphatic rings. The van der Waals surface area contributed by atoms with Crippen LogP contribution in [0.3, 0.4) is 0 Å². The average molecular weight is 519 g/mol. The Kier molecular flexibility index (Phi) is 11.6. The minimum atomic E-state index is -1.90. The van der Waals surface area contributed by atoms with Crippen LogP contribution < -0.4 is 0 Å². The van der Waals surface area contributed by atoms with E-state index >= 15 is 0 Å². The molecule has 1 saturated heterocycles. The number of ether oxygens (including phenoxy) is 3. The van der Waals surface area contributed by atoms with Crippen molar-refractivity contribution < 1.29 is 18.6 Å². The summed E-state index contributed by atoms with van der Waals surface area (Å²) in [7, 11) is -2.94. The lowest BCUT2D eigenvalue weighted by Gasteiger charge is -2.39. The Morgan fingerprint density at radius 2 is 1.69 bits per heavy atom. The van der Waals surface area contributed by atoms with E-state index in [1.807, 2.05) is 6.07 Å². The molecule has 0 N–H and O–H groups in total. The standard InChI is InChI=1S/C29H50O4Si2/c1-24(31-23-30-21-22-34(5,6)7)17-13-10-11-16-20-26(33-35(8,9)29(2,3)4)28-27(32-28)25-18-14-12-15-19-25/h11-19,24,26-28H,10,20-23H2,1-9H3/b16-11+,17-13-/t24-,26-,27?,28?/m1/s1. The Bertz CT molecular complexity index is 793. The van der Waals surface area contributed by atoms with Crippen molar-refractivity contribution in [2.24, 2.45) is 0 Å². The summed E-state index contributed by atoms with van der Waals surface area (Å²) in [5.41, 5.74) is 1.24. The van der Waals surface area contributed by atoms with E-state index in [2.05, 4.69) is 109 Å². The molecule has 2 unspecified atom stereocenters. The van der Waals surface area contributed by atoms with Crippen LogP contribution in [0.4, 0.5) is 0 Å². The maximum absolute atomic E-state index is 6.82. The third kappa shape index (κ3) is 11.3. The van der Waals surface area contributed by atoms with Crippen LogP contribution in [0.5, 0.6) is 0 Å². The van der Waals surface area contributed by atoms with Crippen molar-refractivity contribution in [3.8, 4) is 0 Å². The topological polar surface area (TPSA) is 40.2 Å². The summed E-state index contributed by atoms with van der Waals surface area (Å²) in [6, 6.07) is 11.7. The van der Waals surface area contributed by atoms with Crippen LogP contribution >= 0.6 is 0 Å². The molecule has 4 atom stereocenters. The first-order valence-electron chi connectivity index (χ1n) is 13.2. The maximum Gasteiger partial charge on any atom is 0.192 e. The van der Waals surface area contributed by atoms with Gasteiger partial charge in [-0.1, -0.05) is 95.0 Å². The summed E-state index contributed by atoms with van der Waals surface area (Å²) in [5.74, 6) is 0. The number of rotatable bonds is 15. The van der Waals surface area contributed by atoms with Gasteiger partial charge in [0.1, 0.15) is 19.0 Å². The average Bonchev–Trinajstić information content (AvgIpc) is 3.55. The zero-order chi connectivity index (χ0) is 26.1. The smallest absolute Gasteiger partial charge is 0.192 e. The molecule has 0 aliphatic carbocycles. The summed E-state index contributed by atoms with van der Waals surface area (Å²) in [4.78, 5) is 0. The monoisotopic (exact) mass is 518 g/mol. The molecule has 0 bridgehead atoms. The second kappa shape index (κ2) is 13.5. The number of hydrogen-bond donors (Lipinski definition) is 0. The van der Waals surface area contributed by atoms with E-state index in [9.17, 15) is 0 Å². The molecular formula is C29H50O4Si2. The summed E-state index contributed by atoms with van der Waals surface area (Å²) in [5, 5.41) is 0.170. The van der Waals surface area contributed by atoms with Gasteiger partial charge in [-0.25, -0.2) is 0 Å². The van der Waals surface area contributed by atoms with Gasteiger partial charge in [-0.05, 0) is 49.5 Å². The van der Waals surface area contributed by atoms with Crippen LogP contribution in [0.25, 0.3) is 0 Å². The highest BCUT2D eigenvalue weighted by Gasteiger charge is 2.49. The second-order valence-corrected chi connectivity index (χ2v) is 22.8. The molecule has 198 valence electrons. The molecule has 1 aromatic rings.